The number of hydrogen-bond donors (Lipinski definition) is 1. The van der Waals surface area contributed by atoms with Crippen LogP contribution in [-0.4, -0.2) is 18.1 Å². The van der Waals surface area contributed by atoms with E-state index in [2.05, 4.69) is 48.3 Å². The fraction of sp³-hybridized carbons (Fsp3) is 0.529. The summed E-state index contributed by atoms with van der Waals surface area (Å²) >= 11 is 2.10. The SMILES string of the molecule is CNC(CSC1CCCC1)c1cc2cc(C)ccc2o1. The van der Waals surface area contributed by atoms with Gasteiger partial charge in [0.1, 0.15) is 11.3 Å². The molecule has 2 aromatic rings. The van der Waals surface area contributed by atoms with E-state index in [1.165, 1.54) is 36.6 Å². The van der Waals surface area contributed by atoms with Crippen LogP contribution in [0.15, 0.2) is 28.7 Å². The summed E-state index contributed by atoms with van der Waals surface area (Å²) in [5.41, 5.74) is 2.28. The van der Waals surface area contributed by atoms with Crippen molar-refractivity contribution >= 4 is 22.7 Å². The molecule has 1 saturated carbocycles. The van der Waals surface area contributed by atoms with E-state index in [4.69, 9.17) is 4.42 Å². The molecular formula is C17H23NOS. The fourth-order valence-corrected chi connectivity index (χ4v) is 4.41. The maximum atomic E-state index is 6.02. The number of benzene rings is 1. The van der Waals surface area contributed by atoms with E-state index < -0.39 is 0 Å². The lowest BCUT2D eigenvalue weighted by Crippen LogP contribution is -2.19. The van der Waals surface area contributed by atoms with E-state index in [0.29, 0.717) is 6.04 Å². The van der Waals surface area contributed by atoms with Gasteiger partial charge in [-0.3, -0.25) is 0 Å². The first-order valence-electron chi connectivity index (χ1n) is 7.55. The Bertz CT molecular complexity index is 571. The molecule has 1 fully saturated rings. The van der Waals surface area contributed by atoms with Gasteiger partial charge in [-0.2, -0.15) is 11.8 Å². The van der Waals surface area contributed by atoms with Gasteiger partial charge in [0.25, 0.3) is 0 Å². The Hall–Kier alpha value is -0.930. The van der Waals surface area contributed by atoms with Gasteiger partial charge in [0.15, 0.2) is 0 Å². The highest BCUT2D eigenvalue weighted by molar-refractivity contribution is 7.99. The third kappa shape index (κ3) is 3.04. The van der Waals surface area contributed by atoms with Crippen LogP contribution in [0.5, 0.6) is 0 Å². The van der Waals surface area contributed by atoms with Crippen LogP contribution in [0.25, 0.3) is 11.0 Å². The molecule has 3 rings (SSSR count). The average Bonchev–Trinajstić information content (AvgIpc) is 3.08. The second-order valence-electron chi connectivity index (χ2n) is 5.77. The molecule has 0 spiro atoms. The van der Waals surface area contributed by atoms with Crippen LogP contribution < -0.4 is 5.32 Å². The van der Waals surface area contributed by atoms with E-state index >= 15 is 0 Å². The lowest BCUT2D eigenvalue weighted by molar-refractivity contribution is 0.479. The van der Waals surface area contributed by atoms with Crippen LogP contribution in [0, 0.1) is 6.92 Å². The summed E-state index contributed by atoms with van der Waals surface area (Å²) in [6.45, 7) is 2.12. The van der Waals surface area contributed by atoms with Crippen LogP contribution in [0.2, 0.25) is 0 Å². The van der Waals surface area contributed by atoms with Crippen molar-refractivity contribution in [2.24, 2.45) is 0 Å². The first-order valence-corrected chi connectivity index (χ1v) is 8.60. The Balaban J connectivity index is 1.72. The number of aryl methyl sites for hydroxylation is 1. The van der Waals surface area contributed by atoms with Gasteiger partial charge in [-0.25, -0.2) is 0 Å². The smallest absolute Gasteiger partial charge is 0.134 e. The van der Waals surface area contributed by atoms with Crippen molar-refractivity contribution in [3.63, 3.8) is 0 Å². The van der Waals surface area contributed by atoms with Crippen LogP contribution >= 0.6 is 11.8 Å². The number of fused-ring (bicyclic) bond motifs is 1. The van der Waals surface area contributed by atoms with Gasteiger partial charge in [0.2, 0.25) is 0 Å². The van der Waals surface area contributed by atoms with Gasteiger partial charge in [-0.15, -0.1) is 0 Å². The van der Waals surface area contributed by atoms with Crippen molar-refractivity contribution in [3.8, 4) is 0 Å². The summed E-state index contributed by atoms with van der Waals surface area (Å²) in [6, 6.07) is 8.88. The van der Waals surface area contributed by atoms with Crippen molar-refractivity contribution in [2.45, 2.75) is 43.9 Å². The fourth-order valence-electron chi connectivity index (χ4n) is 2.95. The Morgan fingerprint density at radius 1 is 1.30 bits per heavy atom. The predicted octanol–water partition coefficient (Wildman–Crippen LogP) is 4.68. The van der Waals surface area contributed by atoms with Gasteiger partial charge < -0.3 is 9.73 Å². The van der Waals surface area contributed by atoms with E-state index in [-0.39, 0.29) is 0 Å². The molecule has 0 radical (unpaired) electrons. The lowest BCUT2D eigenvalue weighted by atomic mass is 10.1. The maximum absolute atomic E-state index is 6.02. The second-order valence-corrected chi connectivity index (χ2v) is 7.10. The molecule has 1 aromatic carbocycles. The number of hydrogen-bond acceptors (Lipinski definition) is 3. The Morgan fingerprint density at radius 3 is 2.85 bits per heavy atom. The van der Waals surface area contributed by atoms with Crippen molar-refractivity contribution in [3.05, 3.63) is 35.6 Å². The number of thioether (sulfide) groups is 1. The first-order chi connectivity index (χ1) is 9.76. The van der Waals surface area contributed by atoms with Crippen molar-refractivity contribution < 1.29 is 4.42 Å². The lowest BCUT2D eigenvalue weighted by Gasteiger charge is -2.16. The molecule has 0 saturated heterocycles. The molecule has 1 N–H and O–H groups in total. The summed E-state index contributed by atoms with van der Waals surface area (Å²) in [6.07, 6.45) is 5.60. The molecule has 1 atom stereocenters. The van der Waals surface area contributed by atoms with Crippen molar-refractivity contribution in [1.82, 2.24) is 5.32 Å². The second kappa shape index (κ2) is 6.23. The molecule has 1 aliphatic carbocycles. The van der Waals surface area contributed by atoms with E-state index in [9.17, 15) is 0 Å². The predicted molar refractivity (Wildman–Crippen MR) is 87.5 cm³/mol. The summed E-state index contributed by atoms with van der Waals surface area (Å²) in [5.74, 6) is 2.17. The van der Waals surface area contributed by atoms with E-state index in [1.807, 2.05) is 7.05 Å². The third-order valence-corrected chi connectivity index (χ3v) is 5.65. The standard InChI is InChI=1S/C17H23NOS/c1-12-7-8-16-13(9-12)10-17(19-16)15(18-2)11-20-14-5-3-4-6-14/h7-10,14-15,18H,3-6,11H2,1-2H3. The van der Waals surface area contributed by atoms with Crippen LogP contribution in [0.1, 0.15) is 43.0 Å². The molecule has 1 aromatic heterocycles. The van der Waals surface area contributed by atoms with Crippen LogP contribution in [0.3, 0.4) is 0 Å². The Morgan fingerprint density at radius 2 is 2.10 bits per heavy atom. The number of rotatable bonds is 5. The zero-order chi connectivity index (χ0) is 13.9. The molecule has 0 amide bonds. The summed E-state index contributed by atoms with van der Waals surface area (Å²) in [7, 11) is 2.03. The van der Waals surface area contributed by atoms with Crippen molar-refractivity contribution in [2.75, 3.05) is 12.8 Å². The molecular weight excluding hydrogens is 266 g/mol. The molecule has 108 valence electrons. The largest absolute Gasteiger partial charge is 0.459 e. The van der Waals surface area contributed by atoms with Gasteiger partial charge in [-0.1, -0.05) is 24.5 Å². The normalized spacial score (nSPS) is 17.9. The molecule has 3 heteroatoms. The van der Waals surface area contributed by atoms with Crippen LogP contribution in [-0.2, 0) is 0 Å². The van der Waals surface area contributed by atoms with Crippen molar-refractivity contribution in [1.29, 1.82) is 0 Å². The molecule has 0 aliphatic heterocycles. The zero-order valence-corrected chi connectivity index (χ0v) is 13.1. The summed E-state index contributed by atoms with van der Waals surface area (Å²) in [4.78, 5) is 0. The molecule has 2 nitrogen and oxygen atoms in total. The molecule has 0 bridgehead atoms. The highest BCUT2D eigenvalue weighted by Crippen LogP contribution is 2.33. The first kappa shape index (κ1) is 14.0. The van der Waals surface area contributed by atoms with E-state index in [1.54, 1.807) is 0 Å². The quantitative estimate of drug-likeness (QED) is 0.865. The summed E-state index contributed by atoms with van der Waals surface area (Å²) in [5, 5.41) is 5.48. The van der Waals surface area contributed by atoms with Gasteiger partial charge in [0.05, 0.1) is 6.04 Å². The highest BCUT2D eigenvalue weighted by Gasteiger charge is 2.20. The topological polar surface area (TPSA) is 25.2 Å². The van der Waals surface area contributed by atoms with E-state index in [0.717, 1.165) is 22.3 Å². The highest BCUT2D eigenvalue weighted by atomic mass is 32.2. The zero-order valence-electron chi connectivity index (χ0n) is 12.3. The molecule has 1 aliphatic rings. The van der Waals surface area contributed by atoms with Gasteiger partial charge >= 0.3 is 0 Å². The van der Waals surface area contributed by atoms with Gasteiger partial charge in [-0.05, 0) is 45.0 Å². The number of nitrogens with one attached hydrogen (secondary N) is 1. The minimum Gasteiger partial charge on any atom is -0.459 e. The molecule has 20 heavy (non-hydrogen) atoms. The van der Waals surface area contributed by atoms with Crippen LogP contribution in [0.4, 0.5) is 0 Å². The Labute approximate surface area is 125 Å². The average molecular weight is 289 g/mol. The maximum Gasteiger partial charge on any atom is 0.134 e. The van der Waals surface area contributed by atoms with Gasteiger partial charge in [0, 0.05) is 16.4 Å². The monoisotopic (exact) mass is 289 g/mol. The summed E-state index contributed by atoms with van der Waals surface area (Å²) < 4.78 is 6.02. The molecule has 1 unspecified atom stereocenters. The minimum absolute atomic E-state index is 0.313. The molecule has 1 heterocycles. The minimum atomic E-state index is 0.313. The Kier molecular flexibility index (Phi) is 4.37. The third-order valence-electron chi connectivity index (χ3n) is 4.18. The number of furan rings is 1.